The third-order valence-corrected chi connectivity index (χ3v) is 11.1. The van der Waals surface area contributed by atoms with E-state index in [9.17, 15) is 22.8 Å². The molecule has 14 heteroatoms. The van der Waals surface area contributed by atoms with Crippen molar-refractivity contribution in [3.8, 4) is 0 Å². The highest BCUT2D eigenvalue weighted by molar-refractivity contribution is 9.10. The molecular weight excluding hydrogens is 669 g/mol. The number of carbonyl (C=O) groups is 3. The van der Waals surface area contributed by atoms with Crippen LogP contribution in [0, 0.1) is 0 Å². The minimum absolute atomic E-state index is 0.0334. The monoisotopic (exact) mass is 699 g/mol. The molecule has 4 unspecified atom stereocenters. The predicted octanol–water partition coefficient (Wildman–Crippen LogP) is 3.01. The Morgan fingerprint density at radius 3 is 2.43 bits per heavy atom. The summed E-state index contributed by atoms with van der Waals surface area (Å²) in [4.78, 5) is 44.0. The van der Waals surface area contributed by atoms with Gasteiger partial charge in [-0.25, -0.2) is 8.42 Å². The second-order valence-electron chi connectivity index (χ2n) is 11.0. The number of hydrogen-bond donors (Lipinski definition) is 2. The first-order valence-electron chi connectivity index (χ1n) is 13.8. The molecule has 0 saturated carbocycles. The number of rotatable bonds is 7. The number of carbonyl (C=O) groups excluding carboxylic acids is 3. The van der Waals surface area contributed by atoms with Crippen LogP contribution >= 0.6 is 39.1 Å². The van der Waals surface area contributed by atoms with Gasteiger partial charge in [0.1, 0.15) is 23.1 Å². The first kappa shape index (κ1) is 31.2. The molecule has 4 atom stereocenters. The summed E-state index contributed by atoms with van der Waals surface area (Å²) in [7, 11) is -4.32. The maximum absolute atomic E-state index is 14.3. The zero-order chi connectivity index (χ0) is 30.3. The number of nitrogens with zero attached hydrogens (tertiary/aromatic N) is 3. The van der Waals surface area contributed by atoms with Gasteiger partial charge in [0.15, 0.2) is 0 Å². The molecule has 3 fully saturated rings. The van der Waals surface area contributed by atoms with Crippen molar-refractivity contribution in [3.63, 3.8) is 0 Å². The maximum Gasteiger partial charge on any atom is 0.248 e. The molecule has 5 rings (SSSR count). The molecule has 226 valence electrons. The number of piperazine rings is 1. The number of halogens is 3. The molecule has 0 bridgehead atoms. The standard InChI is InChI=1S/C28H32BrCl2N5O5S/c1-16(2)34-15-25-35(42(40,41)24-10-9-19(30)13-20(24)31)14-22(33-26(37)21-4-3-11-32-21)27(38)36(25)23(28(34)39)12-17-5-7-18(29)8-6-17/h5-10,13,16,21-23,25,32H,3-4,11-12,14-15H2,1-2H3,(H,33,37). The molecule has 3 amide bonds. The van der Waals surface area contributed by atoms with E-state index in [2.05, 4.69) is 26.6 Å². The van der Waals surface area contributed by atoms with Crippen LogP contribution in [-0.4, -0.2) is 90.2 Å². The number of fused-ring (bicyclic) bond motifs is 1. The van der Waals surface area contributed by atoms with E-state index in [1.54, 1.807) is 4.90 Å². The molecule has 3 saturated heterocycles. The highest BCUT2D eigenvalue weighted by Gasteiger charge is 2.54. The molecule has 3 heterocycles. The topological polar surface area (TPSA) is 119 Å². The second kappa shape index (κ2) is 12.4. The summed E-state index contributed by atoms with van der Waals surface area (Å²) in [6.45, 7) is 4.03. The summed E-state index contributed by atoms with van der Waals surface area (Å²) in [6, 6.07) is 8.54. The number of hydrogen-bond acceptors (Lipinski definition) is 6. The lowest BCUT2D eigenvalue weighted by Gasteiger charge is -2.54. The fourth-order valence-electron chi connectivity index (χ4n) is 5.81. The van der Waals surface area contributed by atoms with Crippen molar-refractivity contribution in [2.75, 3.05) is 19.6 Å². The van der Waals surface area contributed by atoms with Gasteiger partial charge >= 0.3 is 0 Å². The number of amides is 3. The third-order valence-electron chi connectivity index (χ3n) is 7.97. The van der Waals surface area contributed by atoms with Crippen molar-refractivity contribution in [1.82, 2.24) is 24.7 Å². The van der Waals surface area contributed by atoms with Crippen LogP contribution in [0.3, 0.4) is 0 Å². The van der Waals surface area contributed by atoms with E-state index >= 15 is 0 Å². The van der Waals surface area contributed by atoms with Crippen molar-refractivity contribution in [2.24, 2.45) is 0 Å². The molecular formula is C28H32BrCl2N5O5S. The van der Waals surface area contributed by atoms with Crippen molar-refractivity contribution >= 4 is 66.9 Å². The summed E-state index contributed by atoms with van der Waals surface area (Å²) in [5, 5.41) is 6.08. The fraction of sp³-hybridized carbons (Fsp3) is 0.464. The van der Waals surface area contributed by atoms with Crippen LogP contribution in [0.25, 0.3) is 0 Å². The summed E-state index contributed by atoms with van der Waals surface area (Å²) >= 11 is 15.9. The molecule has 0 aliphatic carbocycles. The Labute approximate surface area is 263 Å². The SMILES string of the molecule is CC(C)N1CC2N(C(=O)C(NC(=O)C3CCCN3)CN2S(=O)(=O)c2ccc(Cl)cc2Cl)C(Cc2ccc(Br)cc2)C1=O. The molecule has 2 N–H and O–H groups in total. The van der Waals surface area contributed by atoms with Crippen LogP contribution < -0.4 is 10.6 Å². The van der Waals surface area contributed by atoms with Gasteiger partial charge in [0.2, 0.25) is 27.7 Å². The molecule has 2 aromatic rings. The van der Waals surface area contributed by atoms with Crippen molar-refractivity contribution < 1.29 is 22.8 Å². The normalized spacial score (nSPS) is 25.2. The summed E-state index contributed by atoms with van der Waals surface area (Å²) in [5.41, 5.74) is 0.796. The number of nitrogens with one attached hydrogen (secondary N) is 2. The Kier molecular flexibility index (Phi) is 9.22. The Hall–Kier alpha value is -2.22. The van der Waals surface area contributed by atoms with Crippen molar-refractivity contribution in [2.45, 2.75) is 68.3 Å². The first-order valence-corrected chi connectivity index (χ1v) is 16.7. The lowest BCUT2D eigenvalue weighted by atomic mass is 9.96. The van der Waals surface area contributed by atoms with E-state index in [0.29, 0.717) is 13.0 Å². The average Bonchev–Trinajstić information content (AvgIpc) is 3.47. The highest BCUT2D eigenvalue weighted by Crippen LogP contribution is 2.35. The summed E-state index contributed by atoms with van der Waals surface area (Å²) in [6.07, 6.45) is 0.565. The van der Waals surface area contributed by atoms with Crippen LogP contribution in [0.1, 0.15) is 32.3 Å². The summed E-state index contributed by atoms with van der Waals surface area (Å²) in [5.74, 6) is -1.18. The number of sulfonamides is 1. The Morgan fingerprint density at radius 2 is 1.81 bits per heavy atom. The first-order chi connectivity index (χ1) is 19.9. The molecule has 0 aromatic heterocycles. The van der Waals surface area contributed by atoms with E-state index in [1.807, 2.05) is 38.1 Å². The predicted molar refractivity (Wildman–Crippen MR) is 162 cm³/mol. The minimum Gasteiger partial charge on any atom is -0.342 e. The summed E-state index contributed by atoms with van der Waals surface area (Å²) < 4.78 is 30.6. The van der Waals surface area contributed by atoms with E-state index in [0.717, 1.165) is 16.5 Å². The zero-order valence-corrected chi connectivity index (χ0v) is 27.0. The zero-order valence-electron chi connectivity index (χ0n) is 23.1. The van der Waals surface area contributed by atoms with Crippen LogP contribution in [0.4, 0.5) is 0 Å². The highest BCUT2D eigenvalue weighted by atomic mass is 79.9. The van der Waals surface area contributed by atoms with Gasteiger partial charge in [-0.15, -0.1) is 0 Å². The quantitative estimate of drug-likeness (QED) is 0.459. The fourth-order valence-corrected chi connectivity index (χ4v) is 8.41. The molecule has 10 nitrogen and oxygen atoms in total. The molecule has 0 radical (unpaired) electrons. The number of benzene rings is 2. The minimum atomic E-state index is -4.32. The van der Waals surface area contributed by atoms with E-state index < -0.39 is 40.2 Å². The van der Waals surface area contributed by atoms with Crippen molar-refractivity contribution in [1.29, 1.82) is 0 Å². The van der Waals surface area contributed by atoms with Gasteiger partial charge in [-0.3, -0.25) is 14.4 Å². The lowest BCUT2D eigenvalue weighted by Crippen LogP contribution is -2.76. The van der Waals surface area contributed by atoms with Gasteiger partial charge in [-0.1, -0.05) is 51.3 Å². The molecule has 0 spiro atoms. The van der Waals surface area contributed by atoms with Crippen LogP contribution in [0.15, 0.2) is 51.8 Å². The Morgan fingerprint density at radius 1 is 1.10 bits per heavy atom. The molecule has 3 aliphatic heterocycles. The van der Waals surface area contributed by atoms with Gasteiger partial charge in [0.25, 0.3) is 0 Å². The van der Waals surface area contributed by atoms with E-state index in [1.165, 1.54) is 27.4 Å². The van der Waals surface area contributed by atoms with Crippen LogP contribution in [0.5, 0.6) is 0 Å². The third kappa shape index (κ3) is 6.07. The molecule has 2 aromatic carbocycles. The van der Waals surface area contributed by atoms with Gasteiger partial charge in [-0.05, 0) is 69.1 Å². The van der Waals surface area contributed by atoms with Crippen LogP contribution in [-0.2, 0) is 30.8 Å². The smallest absolute Gasteiger partial charge is 0.248 e. The lowest BCUT2D eigenvalue weighted by molar-refractivity contribution is -0.169. The van der Waals surface area contributed by atoms with Crippen LogP contribution in [0.2, 0.25) is 10.0 Å². The maximum atomic E-state index is 14.3. The van der Waals surface area contributed by atoms with Gasteiger partial charge in [0, 0.05) is 28.5 Å². The van der Waals surface area contributed by atoms with Crippen molar-refractivity contribution in [3.05, 3.63) is 62.5 Å². The van der Waals surface area contributed by atoms with Gasteiger partial charge in [0.05, 0.1) is 17.6 Å². The average molecular weight is 701 g/mol. The molecule has 42 heavy (non-hydrogen) atoms. The Balaban J connectivity index is 1.59. The Bertz CT molecular complexity index is 1490. The second-order valence-corrected chi connectivity index (χ2v) is 14.6. The van der Waals surface area contributed by atoms with Gasteiger partial charge in [-0.2, -0.15) is 4.31 Å². The van der Waals surface area contributed by atoms with E-state index in [-0.39, 0.29) is 52.3 Å². The van der Waals surface area contributed by atoms with E-state index in [4.69, 9.17) is 23.2 Å². The molecule has 3 aliphatic rings. The van der Waals surface area contributed by atoms with Gasteiger partial charge < -0.3 is 20.4 Å². The largest absolute Gasteiger partial charge is 0.342 e.